The zero-order valence-electron chi connectivity index (χ0n) is 17.3. The molecule has 2 heterocycles. The first-order valence-corrected chi connectivity index (χ1v) is 9.65. The molecule has 0 radical (unpaired) electrons. The Bertz CT molecular complexity index is 1210. The van der Waals surface area contributed by atoms with Crippen LogP contribution < -0.4 is 5.32 Å². The molecule has 0 bridgehead atoms. The lowest BCUT2D eigenvalue weighted by Crippen LogP contribution is -2.55. The minimum atomic E-state index is -5.24. The largest absolute Gasteiger partial charge is 0.426 e. The molecule has 0 saturated heterocycles. The maximum Gasteiger partial charge on any atom is 0.426 e. The summed E-state index contributed by atoms with van der Waals surface area (Å²) in [5, 5.41) is 15.0. The summed E-state index contributed by atoms with van der Waals surface area (Å²) >= 11 is 5.94. The lowest BCUT2D eigenvalue weighted by molar-refractivity contribution is -0.245. The van der Waals surface area contributed by atoms with Crippen LogP contribution in [0.3, 0.4) is 0 Å². The topological polar surface area (TPSA) is 101 Å². The van der Waals surface area contributed by atoms with Gasteiger partial charge in [0, 0.05) is 23.7 Å². The lowest BCUT2D eigenvalue weighted by atomic mass is 9.99. The standard InChI is InChI=1S/C20H16ClF5N4O3/c1-8(28-18(31)19(3,32)20(24,25)26)16-14(23)4-10(7-27-16)12-5-11(21)6-13(22)15(12)17-29-9(2)33-30-17/h4-8,32H,1-3H3,(H,28,31)/t8-,19?/m1/s1. The number of pyridine rings is 1. The number of alkyl halides is 3. The van der Waals surface area contributed by atoms with Gasteiger partial charge < -0.3 is 14.9 Å². The summed E-state index contributed by atoms with van der Waals surface area (Å²) in [6, 6.07) is 1.94. The third kappa shape index (κ3) is 4.81. The van der Waals surface area contributed by atoms with E-state index >= 15 is 0 Å². The van der Waals surface area contributed by atoms with Gasteiger partial charge in [0.15, 0.2) is 0 Å². The predicted molar refractivity (Wildman–Crippen MR) is 106 cm³/mol. The number of aromatic nitrogens is 3. The summed E-state index contributed by atoms with van der Waals surface area (Å²) in [5.41, 5.74) is -4.10. The van der Waals surface area contributed by atoms with Gasteiger partial charge in [-0.05, 0) is 37.6 Å². The number of amides is 1. The monoisotopic (exact) mass is 490 g/mol. The number of aryl methyl sites for hydroxylation is 1. The van der Waals surface area contributed by atoms with Crippen LogP contribution >= 0.6 is 11.6 Å². The maximum absolute atomic E-state index is 14.8. The molecule has 1 aromatic carbocycles. The van der Waals surface area contributed by atoms with Crippen molar-refractivity contribution in [3.63, 3.8) is 0 Å². The second kappa shape index (κ2) is 8.67. The average molecular weight is 491 g/mol. The van der Waals surface area contributed by atoms with Gasteiger partial charge in [0.2, 0.25) is 17.3 Å². The van der Waals surface area contributed by atoms with Crippen molar-refractivity contribution in [2.24, 2.45) is 0 Å². The molecular formula is C20H16ClF5N4O3. The Labute approximate surface area is 188 Å². The Hall–Kier alpha value is -3.12. The summed E-state index contributed by atoms with van der Waals surface area (Å²) < 4.78 is 72.9. The van der Waals surface area contributed by atoms with Crippen LogP contribution in [0.2, 0.25) is 5.02 Å². The van der Waals surface area contributed by atoms with E-state index in [4.69, 9.17) is 16.1 Å². The number of halogens is 6. The number of hydrogen-bond acceptors (Lipinski definition) is 6. The highest BCUT2D eigenvalue weighted by Gasteiger charge is 2.56. The molecule has 0 saturated carbocycles. The van der Waals surface area contributed by atoms with Crippen LogP contribution in [-0.4, -0.2) is 37.9 Å². The quantitative estimate of drug-likeness (QED) is 0.510. The van der Waals surface area contributed by atoms with Gasteiger partial charge in [0.25, 0.3) is 5.91 Å². The molecular weight excluding hydrogens is 475 g/mol. The molecule has 2 aromatic heterocycles. The molecule has 0 aliphatic heterocycles. The van der Waals surface area contributed by atoms with Crippen LogP contribution in [0.4, 0.5) is 22.0 Å². The first kappa shape index (κ1) is 24.5. The smallest absolute Gasteiger partial charge is 0.373 e. The fraction of sp³-hybridized carbons (Fsp3) is 0.300. The van der Waals surface area contributed by atoms with Crippen LogP contribution in [0.25, 0.3) is 22.5 Å². The van der Waals surface area contributed by atoms with Crippen molar-refractivity contribution in [3.05, 3.63) is 52.6 Å². The van der Waals surface area contributed by atoms with E-state index < -0.39 is 41.1 Å². The van der Waals surface area contributed by atoms with Gasteiger partial charge in [-0.2, -0.15) is 18.2 Å². The molecule has 33 heavy (non-hydrogen) atoms. The Balaban J connectivity index is 1.97. The molecule has 3 aromatic rings. The van der Waals surface area contributed by atoms with E-state index in [9.17, 15) is 31.9 Å². The summed E-state index contributed by atoms with van der Waals surface area (Å²) in [6.45, 7) is 2.95. The van der Waals surface area contributed by atoms with Crippen LogP contribution in [-0.2, 0) is 4.79 Å². The van der Waals surface area contributed by atoms with Gasteiger partial charge in [0.1, 0.15) is 11.6 Å². The molecule has 0 aliphatic rings. The molecule has 0 spiro atoms. The summed E-state index contributed by atoms with van der Waals surface area (Å²) in [6.07, 6.45) is -4.13. The van der Waals surface area contributed by atoms with Crippen molar-refractivity contribution in [3.8, 4) is 22.5 Å². The van der Waals surface area contributed by atoms with E-state index in [-0.39, 0.29) is 40.4 Å². The molecule has 1 amide bonds. The van der Waals surface area contributed by atoms with Crippen molar-refractivity contribution in [1.82, 2.24) is 20.4 Å². The zero-order chi connectivity index (χ0) is 24.7. The van der Waals surface area contributed by atoms with Crippen LogP contribution in [0, 0.1) is 18.6 Å². The Morgan fingerprint density at radius 2 is 1.88 bits per heavy atom. The molecule has 3 rings (SSSR count). The van der Waals surface area contributed by atoms with E-state index in [1.165, 1.54) is 19.9 Å². The first-order valence-electron chi connectivity index (χ1n) is 9.28. The highest BCUT2D eigenvalue weighted by Crippen LogP contribution is 2.36. The minimum Gasteiger partial charge on any atom is -0.373 e. The molecule has 176 valence electrons. The number of benzene rings is 1. The third-order valence-corrected chi connectivity index (χ3v) is 4.96. The first-order chi connectivity index (χ1) is 15.2. The molecule has 0 fully saturated rings. The van der Waals surface area contributed by atoms with Gasteiger partial charge in [-0.25, -0.2) is 8.78 Å². The molecule has 13 heteroatoms. The minimum absolute atomic E-state index is 0.00837. The van der Waals surface area contributed by atoms with Crippen LogP contribution in [0.15, 0.2) is 28.9 Å². The van der Waals surface area contributed by atoms with E-state index in [0.29, 0.717) is 0 Å². The normalized spacial score (nSPS) is 14.6. The van der Waals surface area contributed by atoms with E-state index in [0.717, 1.165) is 18.3 Å². The Morgan fingerprint density at radius 3 is 2.42 bits per heavy atom. The summed E-state index contributed by atoms with van der Waals surface area (Å²) in [7, 11) is 0. The number of hydrogen-bond donors (Lipinski definition) is 2. The summed E-state index contributed by atoms with van der Waals surface area (Å²) in [4.78, 5) is 19.7. The van der Waals surface area contributed by atoms with Gasteiger partial charge in [0.05, 0.1) is 17.3 Å². The highest BCUT2D eigenvalue weighted by atomic mass is 35.5. The zero-order valence-corrected chi connectivity index (χ0v) is 18.0. The van der Waals surface area contributed by atoms with Crippen molar-refractivity contribution >= 4 is 17.5 Å². The highest BCUT2D eigenvalue weighted by molar-refractivity contribution is 6.31. The molecule has 7 nitrogen and oxygen atoms in total. The SMILES string of the molecule is Cc1nc(-c2c(F)cc(Cl)cc2-c2cnc([C@@H](C)NC(=O)C(C)(O)C(F)(F)F)c(F)c2)no1. The van der Waals surface area contributed by atoms with E-state index in [1.807, 2.05) is 5.32 Å². The molecule has 1 unspecified atom stereocenters. The number of nitrogens with zero attached hydrogens (tertiary/aromatic N) is 3. The van der Waals surface area contributed by atoms with Crippen LogP contribution in [0.1, 0.15) is 31.5 Å². The van der Waals surface area contributed by atoms with Gasteiger partial charge in [-0.3, -0.25) is 9.78 Å². The van der Waals surface area contributed by atoms with E-state index in [2.05, 4.69) is 15.1 Å². The number of aliphatic hydroxyl groups is 1. The predicted octanol–water partition coefficient (Wildman–Crippen LogP) is 4.53. The van der Waals surface area contributed by atoms with Gasteiger partial charge >= 0.3 is 6.18 Å². The van der Waals surface area contributed by atoms with Crippen molar-refractivity contribution in [1.29, 1.82) is 0 Å². The molecule has 2 N–H and O–H groups in total. The second-order valence-corrected chi connectivity index (χ2v) is 7.74. The average Bonchev–Trinajstić information content (AvgIpc) is 3.11. The van der Waals surface area contributed by atoms with Crippen molar-refractivity contribution in [2.75, 3.05) is 0 Å². The Morgan fingerprint density at radius 1 is 1.21 bits per heavy atom. The Kier molecular flexibility index (Phi) is 6.44. The number of nitrogens with one attached hydrogen (secondary N) is 1. The van der Waals surface area contributed by atoms with Gasteiger partial charge in [-0.1, -0.05) is 16.8 Å². The second-order valence-electron chi connectivity index (χ2n) is 7.30. The third-order valence-electron chi connectivity index (χ3n) is 4.74. The van der Waals surface area contributed by atoms with E-state index in [1.54, 1.807) is 0 Å². The maximum atomic E-state index is 14.8. The molecule has 2 atom stereocenters. The number of carbonyl (C=O) groups is 1. The molecule has 0 aliphatic carbocycles. The number of rotatable bonds is 5. The fourth-order valence-electron chi connectivity index (χ4n) is 2.88. The van der Waals surface area contributed by atoms with Crippen molar-refractivity contribution < 1.29 is 36.4 Å². The van der Waals surface area contributed by atoms with Crippen molar-refractivity contribution in [2.45, 2.75) is 38.6 Å². The fourth-order valence-corrected chi connectivity index (χ4v) is 3.08. The lowest BCUT2D eigenvalue weighted by Gasteiger charge is -2.26. The summed E-state index contributed by atoms with van der Waals surface area (Å²) in [5.74, 6) is -3.56. The van der Waals surface area contributed by atoms with Gasteiger partial charge in [-0.15, -0.1) is 0 Å². The number of carbonyl (C=O) groups excluding carboxylic acids is 1. The van der Waals surface area contributed by atoms with Crippen LogP contribution in [0.5, 0.6) is 0 Å².